The molecule has 15 heteroatoms. The van der Waals surface area contributed by atoms with E-state index >= 15 is 0 Å². The Balaban J connectivity index is 1.57. The van der Waals surface area contributed by atoms with Gasteiger partial charge < -0.3 is 10.1 Å². The number of nitrogens with zero attached hydrogens (tertiary/aromatic N) is 3. The van der Waals surface area contributed by atoms with Gasteiger partial charge in [0.25, 0.3) is 17.7 Å². The van der Waals surface area contributed by atoms with Crippen molar-refractivity contribution in [1.82, 2.24) is 9.78 Å². The van der Waals surface area contributed by atoms with Crippen molar-refractivity contribution < 1.29 is 41.1 Å². The number of hydrogen-bond acceptors (Lipinski definition) is 5. The Morgan fingerprint density at radius 3 is 2.27 bits per heavy atom. The zero-order chi connectivity index (χ0) is 32.4. The summed E-state index contributed by atoms with van der Waals surface area (Å²) in [6.45, 7) is 0. The minimum Gasteiger partial charge on any atom is -0.453 e. The minimum absolute atomic E-state index is 0.0350. The first-order chi connectivity index (χ1) is 21.2. The fourth-order valence-electron chi connectivity index (χ4n) is 4.87. The lowest BCUT2D eigenvalue weighted by atomic mass is 10.1. The van der Waals surface area contributed by atoms with Crippen LogP contribution in [-0.4, -0.2) is 27.5 Å². The van der Waals surface area contributed by atoms with Crippen molar-refractivity contribution in [2.45, 2.75) is 6.18 Å². The first-order valence-electron chi connectivity index (χ1n) is 12.7. The molecule has 8 nitrogen and oxygen atoms in total. The fourth-order valence-corrected chi connectivity index (χ4v) is 5.71. The van der Waals surface area contributed by atoms with Crippen LogP contribution in [0.2, 0.25) is 5.02 Å². The van der Waals surface area contributed by atoms with Crippen molar-refractivity contribution in [3.8, 4) is 11.5 Å². The molecule has 3 amide bonds. The van der Waals surface area contributed by atoms with Crippen LogP contribution in [0.5, 0.6) is 11.5 Å². The van der Waals surface area contributed by atoms with E-state index in [1.807, 2.05) is 0 Å². The number of aromatic nitrogens is 2. The molecule has 0 unspecified atom stereocenters. The second-order valence-corrected chi connectivity index (χ2v) is 11.0. The number of rotatable bonds is 5. The van der Waals surface area contributed by atoms with Crippen molar-refractivity contribution in [1.29, 1.82) is 0 Å². The Kier molecular flexibility index (Phi) is 7.36. The normalized spacial score (nSPS) is 13.0. The molecule has 4 aromatic carbocycles. The molecule has 1 N–H and O–H groups in total. The number of carbonyl (C=O) groups excluding carboxylic acids is 3. The predicted octanol–water partition coefficient (Wildman–Crippen LogP) is 8.13. The average molecular weight is 706 g/mol. The molecule has 6 rings (SSSR count). The van der Waals surface area contributed by atoms with Gasteiger partial charge in [-0.1, -0.05) is 23.7 Å². The number of ether oxygens (including phenoxy) is 1. The van der Waals surface area contributed by atoms with E-state index in [2.05, 4.69) is 26.3 Å². The number of carbonyl (C=O) groups is 3. The van der Waals surface area contributed by atoms with Gasteiger partial charge in [0.1, 0.15) is 17.4 Å². The number of halogens is 7. The van der Waals surface area contributed by atoms with Crippen molar-refractivity contribution in [3.63, 3.8) is 0 Å². The van der Waals surface area contributed by atoms with Crippen LogP contribution < -0.4 is 15.0 Å². The molecule has 0 fully saturated rings. The number of imide groups is 1. The molecule has 2 heterocycles. The molecule has 0 saturated carbocycles. The molecule has 0 saturated heterocycles. The van der Waals surface area contributed by atoms with E-state index in [4.69, 9.17) is 16.3 Å². The van der Waals surface area contributed by atoms with E-state index in [0.717, 1.165) is 17.0 Å². The van der Waals surface area contributed by atoms with Gasteiger partial charge in [0.15, 0.2) is 11.6 Å². The van der Waals surface area contributed by atoms with Gasteiger partial charge in [-0.15, -0.1) is 0 Å². The van der Waals surface area contributed by atoms with Crippen molar-refractivity contribution in [2.75, 3.05) is 10.2 Å². The van der Waals surface area contributed by atoms with Crippen LogP contribution >= 0.6 is 27.5 Å². The van der Waals surface area contributed by atoms with Gasteiger partial charge in [-0.05, 0) is 64.5 Å². The minimum atomic E-state index is -4.95. The third-order valence-corrected chi connectivity index (χ3v) is 7.76. The van der Waals surface area contributed by atoms with Crippen LogP contribution in [0.25, 0.3) is 10.9 Å². The van der Waals surface area contributed by atoms with Gasteiger partial charge in [-0.25, -0.2) is 13.7 Å². The quantitative estimate of drug-likeness (QED) is 0.147. The van der Waals surface area contributed by atoms with E-state index in [0.29, 0.717) is 12.1 Å². The second-order valence-electron chi connectivity index (χ2n) is 9.75. The van der Waals surface area contributed by atoms with Crippen LogP contribution in [0.3, 0.4) is 0 Å². The highest BCUT2D eigenvalue weighted by molar-refractivity contribution is 9.10. The third kappa shape index (κ3) is 5.29. The van der Waals surface area contributed by atoms with Crippen molar-refractivity contribution >= 4 is 67.7 Å². The van der Waals surface area contributed by atoms with Gasteiger partial charge in [0.2, 0.25) is 0 Å². The molecule has 0 radical (unpaired) electrons. The summed E-state index contributed by atoms with van der Waals surface area (Å²) in [4.78, 5) is 41.0. The highest BCUT2D eigenvalue weighted by Crippen LogP contribution is 2.47. The number of benzene rings is 4. The first-order valence-corrected chi connectivity index (χ1v) is 13.9. The predicted molar refractivity (Wildman–Crippen MR) is 157 cm³/mol. The van der Waals surface area contributed by atoms with Gasteiger partial charge >= 0.3 is 6.18 Å². The van der Waals surface area contributed by atoms with Gasteiger partial charge in [0, 0.05) is 23.2 Å². The van der Waals surface area contributed by atoms with Gasteiger partial charge in [0.05, 0.1) is 38.3 Å². The van der Waals surface area contributed by atoms with Crippen molar-refractivity contribution in [3.05, 3.63) is 110 Å². The summed E-state index contributed by atoms with van der Waals surface area (Å²) in [5.74, 6) is -5.45. The zero-order valence-electron chi connectivity index (χ0n) is 22.5. The SMILES string of the molecule is Cn1nc(N2C(=O)c3ccccc3C2=O)c2c(Oc3cc(F)ccc3Cl)c(NC(=O)c3cc(F)cc(C(F)(F)F)c3)cc(Br)c21. The maximum Gasteiger partial charge on any atom is 0.416 e. The maximum absolute atomic E-state index is 14.3. The Morgan fingerprint density at radius 2 is 1.62 bits per heavy atom. The molecule has 45 heavy (non-hydrogen) atoms. The lowest BCUT2D eigenvalue weighted by Crippen LogP contribution is -2.30. The molecule has 0 aliphatic carbocycles. The Hall–Kier alpha value is -4.82. The molecule has 228 valence electrons. The van der Waals surface area contributed by atoms with Crippen molar-refractivity contribution in [2.24, 2.45) is 7.05 Å². The number of aryl methyl sites for hydroxylation is 1. The number of alkyl halides is 3. The number of hydrogen-bond donors (Lipinski definition) is 1. The van der Waals surface area contributed by atoms with Crippen LogP contribution in [0.1, 0.15) is 36.6 Å². The van der Waals surface area contributed by atoms with Gasteiger partial charge in [-0.2, -0.15) is 18.3 Å². The second kappa shape index (κ2) is 11.0. The smallest absolute Gasteiger partial charge is 0.416 e. The van der Waals surface area contributed by atoms with E-state index in [-0.39, 0.29) is 60.6 Å². The highest BCUT2D eigenvalue weighted by atomic mass is 79.9. The summed E-state index contributed by atoms with van der Waals surface area (Å²) < 4.78 is 76.1. The van der Waals surface area contributed by atoms with E-state index in [1.165, 1.54) is 36.0 Å². The van der Waals surface area contributed by atoms with Crippen LogP contribution in [-0.2, 0) is 13.2 Å². The maximum atomic E-state index is 14.3. The molecule has 0 spiro atoms. The van der Waals surface area contributed by atoms with Crippen LogP contribution in [0, 0.1) is 11.6 Å². The molecule has 5 aromatic rings. The summed E-state index contributed by atoms with van der Waals surface area (Å²) >= 11 is 9.63. The lowest BCUT2D eigenvalue weighted by Gasteiger charge is -2.18. The highest BCUT2D eigenvalue weighted by Gasteiger charge is 2.40. The summed E-state index contributed by atoms with van der Waals surface area (Å²) in [7, 11) is 1.50. The summed E-state index contributed by atoms with van der Waals surface area (Å²) in [6, 6.07) is 11.9. The summed E-state index contributed by atoms with van der Waals surface area (Å²) in [5.41, 5.74) is -1.86. The zero-order valence-corrected chi connectivity index (χ0v) is 24.8. The topological polar surface area (TPSA) is 93.5 Å². The Bertz CT molecular complexity index is 2060. The Labute approximate surface area is 263 Å². The first kappa shape index (κ1) is 30.2. The average Bonchev–Trinajstić information content (AvgIpc) is 3.44. The molecule has 1 aliphatic rings. The lowest BCUT2D eigenvalue weighted by molar-refractivity contribution is -0.137. The number of nitrogens with one attached hydrogen (secondary N) is 1. The van der Waals surface area contributed by atoms with E-state index < -0.39 is 46.7 Å². The monoisotopic (exact) mass is 704 g/mol. The number of anilines is 2. The molecular formula is C30H15BrClF5N4O4. The van der Waals surface area contributed by atoms with E-state index in [1.54, 1.807) is 12.1 Å². The molecule has 0 bridgehead atoms. The number of fused-ring (bicyclic) bond motifs is 2. The largest absolute Gasteiger partial charge is 0.453 e. The molecular weight excluding hydrogens is 691 g/mol. The van der Waals surface area contributed by atoms with Gasteiger partial charge in [-0.3, -0.25) is 19.1 Å². The molecule has 1 aromatic heterocycles. The fraction of sp³-hybridized carbons (Fsp3) is 0.0667. The van der Waals surface area contributed by atoms with E-state index in [9.17, 15) is 36.3 Å². The Morgan fingerprint density at radius 1 is 0.956 bits per heavy atom. The van der Waals surface area contributed by atoms with Crippen LogP contribution in [0.4, 0.5) is 33.5 Å². The number of amides is 3. The standard InChI is InChI=1S/C30H15BrClF5N4O4/c1-40-24-19(31)12-21(38-27(42)13-8-14(30(35,36)37)10-16(34)9-13)25(45-22-11-15(33)6-7-20(22)32)23(24)26(39-40)41-28(43)17-4-2-3-5-18(17)29(41)44/h2-12H,1H3,(H,38,42). The summed E-state index contributed by atoms with van der Waals surface area (Å²) in [5, 5.41) is 6.67. The molecule has 1 aliphatic heterocycles. The third-order valence-electron chi connectivity index (χ3n) is 6.84. The summed E-state index contributed by atoms with van der Waals surface area (Å²) in [6.07, 6.45) is -4.95. The van der Waals surface area contributed by atoms with Crippen LogP contribution in [0.15, 0.2) is 71.2 Å². The molecule has 0 atom stereocenters.